The van der Waals surface area contributed by atoms with Gasteiger partial charge in [-0.3, -0.25) is 0 Å². The summed E-state index contributed by atoms with van der Waals surface area (Å²) < 4.78 is 44.2. The molecule has 0 unspecified atom stereocenters. The van der Waals surface area contributed by atoms with Crippen molar-refractivity contribution in [1.29, 1.82) is 0 Å². The van der Waals surface area contributed by atoms with E-state index in [1.54, 1.807) is 6.07 Å². The molecule has 2 aromatic rings. The highest BCUT2D eigenvalue weighted by Gasteiger charge is 2.12. The number of hydrogen-bond acceptors (Lipinski definition) is 2. The smallest absolute Gasteiger partial charge is 0.263 e. The maximum absolute atomic E-state index is 13.9. The summed E-state index contributed by atoms with van der Waals surface area (Å²) in [4.78, 5) is 0. The Bertz CT molecular complexity index is 599. The first kappa shape index (κ1) is 13.3. The molecular weight excluding hydrogens is 255 g/mol. The van der Waals surface area contributed by atoms with Crippen LogP contribution in [0.25, 0.3) is 11.1 Å². The van der Waals surface area contributed by atoms with Crippen molar-refractivity contribution < 1.29 is 17.9 Å². The van der Waals surface area contributed by atoms with Crippen LogP contribution in [-0.2, 0) is 0 Å². The van der Waals surface area contributed by atoms with Gasteiger partial charge in [0, 0.05) is 22.9 Å². The molecule has 0 saturated heterocycles. The van der Waals surface area contributed by atoms with Crippen LogP contribution in [-0.4, -0.2) is 7.11 Å². The van der Waals surface area contributed by atoms with E-state index < -0.39 is 12.2 Å². The van der Waals surface area contributed by atoms with E-state index in [-0.39, 0.29) is 16.8 Å². The molecule has 0 aliphatic rings. The number of rotatable bonds is 3. The zero-order valence-corrected chi connectivity index (χ0v) is 10.2. The topological polar surface area (TPSA) is 35.2 Å². The highest BCUT2D eigenvalue weighted by atomic mass is 19.3. The Morgan fingerprint density at radius 2 is 1.84 bits per heavy atom. The second-order valence-corrected chi connectivity index (χ2v) is 4.03. The predicted octanol–water partition coefficient (Wildman–Crippen LogP) is 4.02. The van der Waals surface area contributed by atoms with E-state index in [1.807, 2.05) is 0 Å². The van der Waals surface area contributed by atoms with Gasteiger partial charge in [-0.15, -0.1) is 0 Å². The van der Waals surface area contributed by atoms with Crippen LogP contribution in [0.5, 0.6) is 5.75 Å². The van der Waals surface area contributed by atoms with Crippen molar-refractivity contribution in [3.8, 4) is 16.9 Å². The fraction of sp³-hybridized carbons (Fsp3) is 0.143. The van der Waals surface area contributed by atoms with E-state index in [2.05, 4.69) is 0 Å². The minimum absolute atomic E-state index is 0.169. The van der Waals surface area contributed by atoms with E-state index in [4.69, 9.17) is 10.5 Å². The fourth-order valence-corrected chi connectivity index (χ4v) is 1.81. The first-order valence-electron chi connectivity index (χ1n) is 5.54. The lowest BCUT2D eigenvalue weighted by molar-refractivity contribution is 0.151. The van der Waals surface area contributed by atoms with Gasteiger partial charge >= 0.3 is 0 Å². The molecule has 0 aliphatic carbocycles. The third-order valence-electron chi connectivity index (χ3n) is 2.72. The molecule has 0 spiro atoms. The van der Waals surface area contributed by atoms with Crippen molar-refractivity contribution in [3.63, 3.8) is 0 Å². The minimum atomic E-state index is -2.65. The maximum Gasteiger partial charge on any atom is 0.263 e. The summed E-state index contributed by atoms with van der Waals surface area (Å²) in [6.45, 7) is 0. The summed E-state index contributed by atoms with van der Waals surface area (Å²) >= 11 is 0. The van der Waals surface area contributed by atoms with E-state index in [9.17, 15) is 13.2 Å². The number of ether oxygens (including phenoxy) is 1. The number of benzene rings is 2. The molecular formula is C14H12F3NO. The van der Waals surface area contributed by atoms with Gasteiger partial charge in [-0.2, -0.15) is 0 Å². The largest absolute Gasteiger partial charge is 0.497 e. The predicted molar refractivity (Wildman–Crippen MR) is 67.8 cm³/mol. The number of nitrogens with two attached hydrogens (primary N) is 1. The van der Waals surface area contributed by atoms with E-state index >= 15 is 0 Å². The molecule has 0 aliphatic heterocycles. The standard InChI is InChI=1S/C14H12F3NO/c1-19-11-2-3-12(13(15)7-11)8-4-9(14(16)17)6-10(18)5-8/h2-7,14H,18H2,1H3. The normalized spacial score (nSPS) is 10.8. The molecule has 0 radical (unpaired) electrons. The lowest BCUT2D eigenvalue weighted by Gasteiger charge is -2.09. The molecule has 0 saturated carbocycles. The van der Waals surface area contributed by atoms with Crippen LogP contribution < -0.4 is 10.5 Å². The van der Waals surface area contributed by atoms with Gasteiger partial charge in [-0.25, -0.2) is 13.2 Å². The molecule has 0 atom stereocenters. The monoisotopic (exact) mass is 267 g/mol. The highest BCUT2D eigenvalue weighted by Crippen LogP contribution is 2.31. The molecule has 5 heteroatoms. The first-order chi connectivity index (χ1) is 9.01. The van der Waals surface area contributed by atoms with Gasteiger partial charge in [-0.05, 0) is 35.9 Å². The first-order valence-corrected chi connectivity index (χ1v) is 5.54. The molecule has 0 fully saturated rings. The van der Waals surface area contributed by atoms with Crippen molar-refractivity contribution in [2.24, 2.45) is 0 Å². The minimum Gasteiger partial charge on any atom is -0.497 e. The number of anilines is 1. The van der Waals surface area contributed by atoms with Gasteiger partial charge in [0.15, 0.2) is 0 Å². The summed E-state index contributed by atoms with van der Waals surface area (Å²) in [5, 5.41) is 0. The van der Waals surface area contributed by atoms with Crippen LogP contribution >= 0.6 is 0 Å². The van der Waals surface area contributed by atoms with Gasteiger partial charge < -0.3 is 10.5 Å². The summed E-state index contributed by atoms with van der Waals surface area (Å²) in [6, 6.07) is 8.08. The Kier molecular flexibility index (Phi) is 3.64. The van der Waals surface area contributed by atoms with E-state index in [0.29, 0.717) is 11.3 Å². The van der Waals surface area contributed by atoms with Crippen LogP contribution in [0.1, 0.15) is 12.0 Å². The molecule has 0 amide bonds. The molecule has 0 heterocycles. The van der Waals surface area contributed by atoms with Gasteiger partial charge in [0.1, 0.15) is 11.6 Å². The summed E-state index contributed by atoms with van der Waals surface area (Å²) in [5.74, 6) is -0.190. The second kappa shape index (κ2) is 5.22. The molecule has 100 valence electrons. The van der Waals surface area contributed by atoms with E-state index in [1.165, 1.54) is 37.4 Å². The van der Waals surface area contributed by atoms with Gasteiger partial charge in [0.25, 0.3) is 6.43 Å². The van der Waals surface area contributed by atoms with E-state index in [0.717, 1.165) is 0 Å². The third-order valence-corrected chi connectivity index (χ3v) is 2.72. The number of alkyl halides is 2. The van der Waals surface area contributed by atoms with Gasteiger partial charge in [-0.1, -0.05) is 0 Å². The van der Waals surface area contributed by atoms with Crippen molar-refractivity contribution >= 4 is 5.69 Å². The Morgan fingerprint density at radius 3 is 2.42 bits per heavy atom. The molecule has 2 nitrogen and oxygen atoms in total. The third kappa shape index (κ3) is 2.81. The zero-order chi connectivity index (χ0) is 14.0. The van der Waals surface area contributed by atoms with Gasteiger partial charge in [0.2, 0.25) is 0 Å². The highest BCUT2D eigenvalue weighted by molar-refractivity contribution is 5.69. The Balaban J connectivity index is 2.52. The zero-order valence-electron chi connectivity index (χ0n) is 10.2. The van der Waals surface area contributed by atoms with Gasteiger partial charge in [0.05, 0.1) is 7.11 Å². The molecule has 2 aromatic carbocycles. The number of methoxy groups -OCH3 is 1. The molecule has 0 aromatic heterocycles. The average molecular weight is 267 g/mol. The number of nitrogen functional groups attached to an aromatic ring is 1. The lowest BCUT2D eigenvalue weighted by atomic mass is 10.0. The van der Waals surface area contributed by atoms with Crippen molar-refractivity contribution in [2.75, 3.05) is 12.8 Å². The van der Waals surface area contributed by atoms with Crippen molar-refractivity contribution in [1.82, 2.24) is 0 Å². The molecule has 2 N–H and O–H groups in total. The Hall–Kier alpha value is -2.17. The van der Waals surface area contributed by atoms with Crippen LogP contribution in [0, 0.1) is 5.82 Å². The van der Waals surface area contributed by atoms with Crippen LogP contribution in [0.15, 0.2) is 36.4 Å². The molecule has 2 rings (SSSR count). The van der Waals surface area contributed by atoms with Crippen molar-refractivity contribution in [2.45, 2.75) is 6.43 Å². The Labute approximate surface area is 108 Å². The Morgan fingerprint density at radius 1 is 1.11 bits per heavy atom. The number of halogens is 3. The molecule has 0 bridgehead atoms. The lowest BCUT2D eigenvalue weighted by Crippen LogP contribution is -1.94. The van der Waals surface area contributed by atoms with Crippen molar-refractivity contribution in [3.05, 3.63) is 47.8 Å². The second-order valence-electron chi connectivity index (χ2n) is 4.03. The molecule has 19 heavy (non-hydrogen) atoms. The summed E-state index contributed by atoms with van der Waals surface area (Å²) in [7, 11) is 1.42. The fourth-order valence-electron chi connectivity index (χ4n) is 1.81. The van der Waals surface area contributed by atoms with Crippen LogP contribution in [0.2, 0.25) is 0 Å². The maximum atomic E-state index is 13.9. The summed E-state index contributed by atoms with van der Waals surface area (Å²) in [6.07, 6.45) is -2.65. The van der Waals surface area contributed by atoms with Crippen LogP contribution in [0.3, 0.4) is 0 Å². The average Bonchev–Trinajstić information content (AvgIpc) is 2.37. The number of hydrogen-bond donors (Lipinski definition) is 1. The quantitative estimate of drug-likeness (QED) is 0.852. The summed E-state index contributed by atoms with van der Waals surface area (Å²) in [5.41, 5.74) is 6.02. The van der Waals surface area contributed by atoms with Crippen LogP contribution in [0.4, 0.5) is 18.9 Å². The SMILES string of the molecule is COc1ccc(-c2cc(N)cc(C(F)F)c2)c(F)c1.